The highest BCUT2D eigenvalue weighted by Crippen LogP contribution is 2.16. The summed E-state index contributed by atoms with van der Waals surface area (Å²) < 4.78 is 7.43. The summed E-state index contributed by atoms with van der Waals surface area (Å²) in [5.74, 6) is -1.08. The van der Waals surface area contributed by atoms with Crippen molar-refractivity contribution in [1.82, 2.24) is 24.8 Å². The molecule has 1 N–H and O–H groups in total. The van der Waals surface area contributed by atoms with Gasteiger partial charge in [0.2, 0.25) is 5.91 Å². The van der Waals surface area contributed by atoms with Gasteiger partial charge in [0.15, 0.2) is 5.52 Å². The standard InChI is InChI=1S/C17H18N6O4/c1-4-27-17(26)11-7-5-6-8-12(11)18-13(24)9-23-16(25)15-14(19-21-23)10(2)22(3)20-15/h5-8H,4,9H2,1-3H3,(H,18,24). The van der Waals surface area contributed by atoms with Gasteiger partial charge in [-0.05, 0) is 26.0 Å². The molecule has 3 rings (SSSR count). The van der Waals surface area contributed by atoms with Gasteiger partial charge in [-0.25, -0.2) is 4.79 Å². The highest BCUT2D eigenvalue weighted by molar-refractivity contribution is 6.01. The van der Waals surface area contributed by atoms with E-state index in [9.17, 15) is 14.4 Å². The molecule has 0 fully saturated rings. The van der Waals surface area contributed by atoms with Crippen LogP contribution in [0.25, 0.3) is 11.0 Å². The Hall–Kier alpha value is -3.56. The maximum Gasteiger partial charge on any atom is 0.340 e. The van der Waals surface area contributed by atoms with Crippen molar-refractivity contribution in [2.75, 3.05) is 11.9 Å². The number of hydrogen-bond donors (Lipinski definition) is 1. The van der Waals surface area contributed by atoms with Gasteiger partial charge in [-0.2, -0.15) is 9.78 Å². The highest BCUT2D eigenvalue weighted by Gasteiger charge is 2.17. The van der Waals surface area contributed by atoms with E-state index < -0.39 is 17.4 Å². The number of aromatic nitrogens is 5. The third-order valence-electron chi connectivity index (χ3n) is 3.98. The Morgan fingerprint density at radius 1 is 1.22 bits per heavy atom. The largest absolute Gasteiger partial charge is 0.462 e. The molecular formula is C17H18N6O4. The van der Waals surface area contributed by atoms with Crippen LogP contribution >= 0.6 is 0 Å². The van der Waals surface area contributed by atoms with Crippen LogP contribution in [0.3, 0.4) is 0 Å². The molecule has 0 aliphatic rings. The number of para-hydroxylation sites is 1. The molecule has 0 unspecified atom stereocenters. The van der Waals surface area contributed by atoms with E-state index in [0.29, 0.717) is 11.2 Å². The van der Waals surface area contributed by atoms with Gasteiger partial charge in [0.25, 0.3) is 5.56 Å². The lowest BCUT2D eigenvalue weighted by atomic mass is 10.2. The van der Waals surface area contributed by atoms with Crippen LogP contribution in [0.1, 0.15) is 23.0 Å². The zero-order valence-corrected chi connectivity index (χ0v) is 15.1. The summed E-state index contributed by atoms with van der Waals surface area (Å²) in [5, 5.41) is 14.5. The molecule has 1 aromatic carbocycles. The Balaban J connectivity index is 1.83. The Morgan fingerprint density at radius 2 is 1.96 bits per heavy atom. The first-order chi connectivity index (χ1) is 12.9. The van der Waals surface area contributed by atoms with Crippen molar-refractivity contribution in [2.45, 2.75) is 20.4 Å². The summed E-state index contributed by atoms with van der Waals surface area (Å²) in [6, 6.07) is 6.45. The number of aryl methyl sites for hydroxylation is 2. The van der Waals surface area contributed by atoms with E-state index in [-0.39, 0.29) is 29.9 Å². The van der Waals surface area contributed by atoms with Crippen LogP contribution in [-0.4, -0.2) is 43.3 Å². The molecule has 0 atom stereocenters. The monoisotopic (exact) mass is 370 g/mol. The molecule has 3 aromatic rings. The van der Waals surface area contributed by atoms with Crippen LogP contribution in [0.5, 0.6) is 0 Å². The first-order valence-electron chi connectivity index (χ1n) is 8.25. The van der Waals surface area contributed by atoms with Gasteiger partial charge in [-0.3, -0.25) is 14.3 Å². The number of carbonyl (C=O) groups is 2. The first kappa shape index (κ1) is 18.2. The smallest absolute Gasteiger partial charge is 0.340 e. The molecule has 1 amide bonds. The summed E-state index contributed by atoms with van der Waals surface area (Å²) in [7, 11) is 1.69. The van der Waals surface area contributed by atoms with Crippen molar-refractivity contribution in [2.24, 2.45) is 7.05 Å². The first-order valence-corrected chi connectivity index (χ1v) is 8.25. The zero-order valence-electron chi connectivity index (χ0n) is 15.1. The lowest BCUT2D eigenvalue weighted by Crippen LogP contribution is -2.31. The van der Waals surface area contributed by atoms with Crippen molar-refractivity contribution in [1.29, 1.82) is 0 Å². The predicted octanol–water partition coefficient (Wildman–Crippen LogP) is 0.649. The average Bonchev–Trinajstić information content (AvgIpc) is 2.93. The number of fused-ring (bicyclic) bond motifs is 1. The van der Waals surface area contributed by atoms with Crippen LogP contribution in [-0.2, 0) is 23.1 Å². The fourth-order valence-corrected chi connectivity index (χ4v) is 2.53. The quantitative estimate of drug-likeness (QED) is 0.655. The van der Waals surface area contributed by atoms with Crippen molar-refractivity contribution in [3.8, 4) is 0 Å². The summed E-state index contributed by atoms with van der Waals surface area (Å²) >= 11 is 0. The van der Waals surface area contributed by atoms with Gasteiger partial charge in [-0.15, -0.1) is 5.10 Å². The minimum atomic E-state index is -0.546. The molecule has 0 saturated carbocycles. The predicted molar refractivity (Wildman–Crippen MR) is 96.3 cm³/mol. The van der Waals surface area contributed by atoms with Crippen LogP contribution in [0.2, 0.25) is 0 Å². The third-order valence-corrected chi connectivity index (χ3v) is 3.98. The Morgan fingerprint density at radius 3 is 2.70 bits per heavy atom. The van der Waals surface area contributed by atoms with Crippen LogP contribution in [0, 0.1) is 6.92 Å². The number of rotatable bonds is 5. The molecule has 10 heteroatoms. The van der Waals surface area contributed by atoms with E-state index in [4.69, 9.17) is 4.74 Å². The molecular weight excluding hydrogens is 352 g/mol. The Kier molecular flexibility index (Phi) is 4.97. The number of esters is 1. The van der Waals surface area contributed by atoms with Gasteiger partial charge >= 0.3 is 5.97 Å². The second-order valence-electron chi connectivity index (χ2n) is 5.77. The van der Waals surface area contributed by atoms with Crippen molar-refractivity contribution < 1.29 is 14.3 Å². The maximum atomic E-state index is 12.5. The van der Waals surface area contributed by atoms with Gasteiger partial charge in [0.05, 0.1) is 23.6 Å². The van der Waals surface area contributed by atoms with E-state index in [1.165, 1.54) is 4.68 Å². The van der Waals surface area contributed by atoms with E-state index in [2.05, 4.69) is 20.7 Å². The van der Waals surface area contributed by atoms with Crippen LogP contribution in [0.4, 0.5) is 5.69 Å². The molecule has 2 heterocycles. The van der Waals surface area contributed by atoms with Crippen molar-refractivity contribution >= 4 is 28.6 Å². The summed E-state index contributed by atoms with van der Waals surface area (Å²) in [4.78, 5) is 36.8. The van der Waals surface area contributed by atoms with Crippen molar-refractivity contribution in [3.05, 3.63) is 45.9 Å². The van der Waals surface area contributed by atoms with Crippen LogP contribution in [0.15, 0.2) is 29.1 Å². The molecule has 10 nitrogen and oxygen atoms in total. The number of hydrogen-bond acceptors (Lipinski definition) is 7. The number of benzene rings is 1. The van der Waals surface area contributed by atoms with Gasteiger partial charge in [0, 0.05) is 7.05 Å². The highest BCUT2D eigenvalue weighted by atomic mass is 16.5. The summed E-state index contributed by atoms with van der Waals surface area (Å²) in [6.07, 6.45) is 0. The molecule has 0 aliphatic heterocycles. The minimum absolute atomic E-state index is 0.143. The normalized spacial score (nSPS) is 10.8. The molecule has 140 valence electrons. The van der Waals surface area contributed by atoms with E-state index >= 15 is 0 Å². The van der Waals surface area contributed by atoms with Gasteiger partial charge in [-0.1, -0.05) is 17.3 Å². The summed E-state index contributed by atoms with van der Waals surface area (Å²) in [5.41, 5.74) is 1.24. The molecule has 0 radical (unpaired) electrons. The molecule has 27 heavy (non-hydrogen) atoms. The number of nitrogens with zero attached hydrogens (tertiary/aromatic N) is 5. The molecule has 2 aromatic heterocycles. The zero-order chi connectivity index (χ0) is 19.6. The summed E-state index contributed by atoms with van der Waals surface area (Å²) in [6.45, 7) is 3.32. The van der Waals surface area contributed by atoms with Crippen LogP contribution < -0.4 is 10.9 Å². The molecule has 0 spiro atoms. The minimum Gasteiger partial charge on any atom is -0.462 e. The molecule has 0 bridgehead atoms. The topological polar surface area (TPSA) is 121 Å². The lowest BCUT2D eigenvalue weighted by Gasteiger charge is -2.10. The van der Waals surface area contributed by atoms with Gasteiger partial charge < -0.3 is 10.1 Å². The molecule has 0 aliphatic carbocycles. The SMILES string of the molecule is CCOC(=O)c1ccccc1NC(=O)Cn1nnc2c(C)n(C)nc2c1=O. The number of amides is 1. The fraction of sp³-hybridized carbons (Fsp3) is 0.294. The van der Waals surface area contributed by atoms with Crippen molar-refractivity contribution in [3.63, 3.8) is 0 Å². The number of nitrogens with one attached hydrogen (secondary N) is 1. The molecule has 0 saturated heterocycles. The fourth-order valence-electron chi connectivity index (χ4n) is 2.53. The second kappa shape index (κ2) is 7.36. The lowest BCUT2D eigenvalue weighted by molar-refractivity contribution is -0.117. The van der Waals surface area contributed by atoms with Gasteiger partial charge in [0.1, 0.15) is 12.1 Å². The number of carbonyl (C=O) groups excluding carboxylic acids is 2. The Labute approximate surface area is 153 Å². The number of ether oxygens (including phenoxy) is 1. The average molecular weight is 370 g/mol. The second-order valence-corrected chi connectivity index (χ2v) is 5.77. The van der Waals surface area contributed by atoms with E-state index in [0.717, 1.165) is 4.68 Å². The van der Waals surface area contributed by atoms with E-state index in [1.54, 1.807) is 45.2 Å². The maximum absolute atomic E-state index is 12.5. The number of anilines is 1. The Bertz CT molecular complexity index is 1080. The van der Waals surface area contributed by atoms with E-state index in [1.807, 2.05) is 0 Å². The third kappa shape index (κ3) is 3.54.